The highest BCUT2D eigenvalue weighted by Gasteiger charge is 2.57. The van der Waals surface area contributed by atoms with Crippen LogP contribution in [-0.4, -0.2) is 5.78 Å². The molecule has 0 saturated heterocycles. The number of rotatable bonds is 2. The van der Waals surface area contributed by atoms with Crippen molar-refractivity contribution in [3.8, 4) is 0 Å². The fourth-order valence-electron chi connectivity index (χ4n) is 3.66. The van der Waals surface area contributed by atoms with Gasteiger partial charge in [0.15, 0.2) is 5.76 Å². The van der Waals surface area contributed by atoms with Gasteiger partial charge in [-0.3, -0.25) is 4.79 Å². The third kappa shape index (κ3) is 1.59. The molecule has 0 spiro atoms. The predicted octanol–water partition coefficient (Wildman–Crippen LogP) is 3.75. The summed E-state index contributed by atoms with van der Waals surface area (Å²) in [4.78, 5) is 12.5. The van der Waals surface area contributed by atoms with Crippen molar-refractivity contribution < 1.29 is 9.21 Å². The number of Topliss-reactive ketones (excluding diaryl/α,β-unsaturated/α-hetero) is 1. The minimum atomic E-state index is 0.147. The zero-order chi connectivity index (χ0) is 13.0. The summed E-state index contributed by atoms with van der Waals surface area (Å²) in [5.74, 6) is 2.66. The van der Waals surface area contributed by atoms with E-state index in [1.54, 1.807) is 0 Å². The second-order valence-electron chi connectivity index (χ2n) is 5.73. The van der Waals surface area contributed by atoms with Gasteiger partial charge in [0, 0.05) is 5.92 Å². The molecule has 1 heterocycles. The number of fused-ring (bicyclic) bond motifs is 3. The second-order valence-corrected chi connectivity index (χ2v) is 5.73. The second kappa shape index (κ2) is 3.83. The number of hydrogen-bond donors (Lipinski definition) is 0. The lowest BCUT2D eigenvalue weighted by atomic mass is 9.92. The van der Waals surface area contributed by atoms with Crippen molar-refractivity contribution in [2.45, 2.75) is 25.7 Å². The topological polar surface area (TPSA) is 30.2 Å². The third-order valence-electron chi connectivity index (χ3n) is 4.62. The highest BCUT2D eigenvalue weighted by molar-refractivity contribution is 5.98. The van der Waals surface area contributed by atoms with E-state index in [2.05, 4.69) is 24.3 Å². The van der Waals surface area contributed by atoms with Gasteiger partial charge >= 0.3 is 0 Å². The molecule has 0 bridgehead atoms. The van der Waals surface area contributed by atoms with Gasteiger partial charge in [-0.05, 0) is 54.9 Å². The highest BCUT2D eigenvalue weighted by atomic mass is 16.3. The molecule has 0 N–H and O–H groups in total. The molecule has 2 heteroatoms. The van der Waals surface area contributed by atoms with Crippen LogP contribution in [0.15, 0.2) is 40.8 Å². The van der Waals surface area contributed by atoms with Gasteiger partial charge in [0.2, 0.25) is 5.78 Å². The Morgan fingerprint density at radius 2 is 2.05 bits per heavy atom. The first-order valence-electron chi connectivity index (χ1n) is 6.94. The summed E-state index contributed by atoms with van der Waals surface area (Å²) in [5, 5.41) is 0. The molecule has 96 valence electrons. The van der Waals surface area contributed by atoms with Crippen LogP contribution < -0.4 is 0 Å². The lowest BCUT2D eigenvalue weighted by molar-refractivity contribution is 0.0930. The fourth-order valence-corrected chi connectivity index (χ4v) is 3.66. The molecule has 2 aromatic rings. The van der Waals surface area contributed by atoms with Crippen molar-refractivity contribution in [2.24, 2.45) is 11.8 Å². The van der Waals surface area contributed by atoms with Crippen molar-refractivity contribution in [3.63, 3.8) is 0 Å². The van der Waals surface area contributed by atoms with Crippen molar-refractivity contribution in [1.29, 1.82) is 0 Å². The van der Waals surface area contributed by atoms with Crippen LogP contribution in [-0.2, 0) is 6.42 Å². The molecule has 2 nitrogen and oxygen atoms in total. The lowest BCUT2D eigenvalue weighted by Crippen LogP contribution is -2.02. The number of carbonyl (C=O) groups excluding carboxylic acids is 1. The Balaban J connectivity index is 1.65. The molecule has 4 rings (SSSR count). The van der Waals surface area contributed by atoms with Gasteiger partial charge in [-0.1, -0.05) is 24.3 Å². The van der Waals surface area contributed by atoms with E-state index in [1.807, 2.05) is 19.1 Å². The largest absolute Gasteiger partial charge is 0.458 e. The van der Waals surface area contributed by atoms with E-state index < -0.39 is 0 Å². The maximum absolute atomic E-state index is 12.5. The Kier molecular flexibility index (Phi) is 2.22. The normalized spacial score (nSPS) is 27.5. The lowest BCUT2D eigenvalue weighted by Gasteiger charge is -2.13. The Bertz CT molecular complexity index is 653. The number of hydrogen-bond acceptors (Lipinski definition) is 2. The number of carbonyl (C=O) groups is 1. The molecule has 1 fully saturated rings. The van der Waals surface area contributed by atoms with Crippen LogP contribution in [0.3, 0.4) is 0 Å². The van der Waals surface area contributed by atoms with E-state index in [0.29, 0.717) is 17.6 Å². The van der Waals surface area contributed by atoms with Crippen molar-refractivity contribution in [3.05, 3.63) is 59.0 Å². The quantitative estimate of drug-likeness (QED) is 0.762. The van der Waals surface area contributed by atoms with Gasteiger partial charge < -0.3 is 4.42 Å². The molecule has 2 aliphatic rings. The van der Waals surface area contributed by atoms with Gasteiger partial charge in [0.1, 0.15) is 5.76 Å². The summed E-state index contributed by atoms with van der Waals surface area (Å²) in [6.45, 7) is 1.88. The van der Waals surface area contributed by atoms with Crippen molar-refractivity contribution >= 4 is 5.78 Å². The molecule has 1 aromatic heterocycles. The molecule has 1 aromatic carbocycles. The molecule has 0 aliphatic heterocycles. The van der Waals surface area contributed by atoms with Crippen LogP contribution in [0.5, 0.6) is 0 Å². The van der Waals surface area contributed by atoms with Crippen LogP contribution >= 0.6 is 0 Å². The van der Waals surface area contributed by atoms with Gasteiger partial charge in [-0.25, -0.2) is 0 Å². The number of benzene rings is 1. The monoisotopic (exact) mass is 252 g/mol. The molecule has 0 amide bonds. The van der Waals surface area contributed by atoms with E-state index in [4.69, 9.17) is 4.42 Å². The van der Waals surface area contributed by atoms with Gasteiger partial charge in [0.05, 0.1) is 0 Å². The first-order chi connectivity index (χ1) is 9.25. The van der Waals surface area contributed by atoms with E-state index in [1.165, 1.54) is 11.1 Å². The average Bonchev–Trinajstić information content (AvgIpc) is 3.03. The SMILES string of the molecule is Cc1ccc(C(=O)C2C3CCc4ccccc4C32)o1. The molecule has 1 saturated carbocycles. The standard InChI is InChI=1S/C17H16O2/c1-10-6-9-14(19-10)17(18)16-13-8-7-11-4-2-3-5-12(11)15(13)16/h2-6,9,13,15-16H,7-8H2,1H3. The van der Waals surface area contributed by atoms with Crippen LogP contribution in [0, 0.1) is 18.8 Å². The van der Waals surface area contributed by atoms with Crippen LogP contribution in [0.25, 0.3) is 0 Å². The first kappa shape index (κ1) is 11.0. The van der Waals surface area contributed by atoms with E-state index in [0.717, 1.165) is 18.6 Å². The van der Waals surface area contributed by atoms with Gasteiger partial charge in [0.25, 0.3) is 0 Å². The summed E-state index contributed by atoms with van der Waals surface area (Å²) >= 11 is 0. The molecule has 0 radical (unpaired) electrons. The van der Waals surface area contributed by atoms with Gasteiger partial charge in [-0.2, -0.15) is 0 Å². The summed E-state index contributed by atoms with van der Waals surface area (Å²) in [6, 6.07) is 12.2. The Labute approximate surface area is 112 Å². The van der Waals surface area contributed by atoms with Crippen LogP contribution in [0.2, 0.25) is 0 Å². The zero-order valence-electron chi connectivity index (χ0n) is 10.9. The molecule has 2 aliphatic carbocycles. The Morgan fingerprint density at radius 3 is 2.84 bits per heavy atom. The summed E-state index contributed by atoms with van der Waals surface area (Å²) in [6.07, 6.45) is 2.25. The van der Waals surface area contributed by atoms with Gasteiger partial charge in [-0.15, -0.1) is 0 Å². The van der Waals surface area contributed by atoms with Crippen molar-refractivity contribution in [1.82, 2.24) is 0 Å². The number of furan rings is 1. The molecule has 3 unspecified atom stereocenters. The zero-order valence-corrected chi connectivity index (χ0v) is 10.9. The Hall–Kier alpha value is -1.83. The maximum Gasteiger partial charge on any atom is 0.201 e. The molecular formula is C17H16O2. The summed E-state index contributed by atoms with van der Waals surface area (Å²) in [5.41, 5.74) is 2.81. The summed E-state index contributed by atoms with van der Waals surface area (Å²) in [7, 11) is 0. The summed E-state index contributed by atoms with van der Waals surface area (Å²) < 4.78 is 5.49. The van der Waals surface area contributed by atoms with E-state index in [-0.39, 0.29) is 11.7 Å². The molecule has 3 atom stereocenters. The fraction of sp³-hybridized carbons (Fsp3) is 0.353. The number of ketones is 1. The van der Waals surface area contributed by atoms with E-state index in [9.17, 15) is 4.79 Å². The minimum Gasteiger partial charge on any atom is -0.458 e. The van der Waals surface area contributed by atoms with Crippen molar-refractivity contribution in [2.75, 3.05) is 0 Å². The predicted molar refractivity (Wildman–Crippen MR) is 72.3 cm³/mol. The van der Waals surface area contributed by atoms with Crippen LogP contribution in [0.4, 0.5) is 0 Å². The smallest absolute Gasteiger partial charge is 0.201 e. The maximum atomic E-state index is 12.5. The first-order valence-corrected chi connectivity index (χ1v) is 6.94. The minimum absolute atomic E-state index is 0.147. The molecule has 19 heavy (non-hydrogen) atoms. The number of aryl methyl sites for hydroxylation is 2. The molecular weight excluding hydrogens is 236 g/mol. The Morgan fingerprint density at radius 1 is 1.21 bits per heavy atom. The third-order valence-corrected chi connectivity index (χ3v) is 4.62. The van der Waals surface area contributed by atoms with Crippen LogP contribution in [0.1, 0.15) is 39.8 Å². The van der Waals surface area contributed by atoms with E-state index >= 15 is 0 Å². The highest BCUT2D eigenvalue weighted by Crippen LogP contribution is 2.60. The average molecular weight is 252 g/mol.